The predicted molar refractivity (Wildman–Crippen MR) is 505 cm³/mol. The molecule has 8 N–H and O–H groups in total. The van der Waals surface area contributed by atoms with E-state index in [1.165, 1.54) is 0 Å². The molecular weight excluding hydrogens is 1650 g/mol. The lowest BCUT2D eigenvalue weighted by molar-refractivity contribution is 0.122. The smallest absolute Gasteiger partial charge is 0.159 e. The van der Waals surface area contributed by atoms with Crippen molar-refractivity contribution in [1.29, 1.82) is 0 Å². The maximum Gasteiger partial charge on any atom is 0.159 e. The molecule has 1 unspecified atom stereocenters. The lowest BCUT2D eigenvalue weighted by Crippen LogP contribution is -2.30. The minimum absolute atomic E-state index is 0.442. The molecule has 0 amide bonds. The topological polar surface area (TPSA) is 338 Å². The maximum absolute atomic E-state index is 12.6. The van der Waals surface area contributed by atoms with Crippen LogP contribution in [0.4, 0.5) is 0 Å². The van der Waals surface area contributed by atoms with Gasteiger partial charge in [-0.1, -0.05) is 190 Å². The molecule has 0 saturated heterocycles. The first-order chi connectivity index (χ1) is 64.2. The molecule has 0 radical (unpaired) electrons. The Bertz CT molecular complexity index is 6460. The molecule has 0 aliphatic heterocycles. The minimum atomic E-state index is -1.51. The van der Waals surface area contributed by atoms with Crippen molar-refractivity contribution in [2.45, 2.75) is 153 Å². The highest BCUT2D eigenvalue weighted by Gasteiger charge is 2.44. The van der Waals surface area contributed by atoms with Crippen LogP contribution >= 0.6 is 0 Å². The number of fused-ring (bicyclic) bond motifs is 4. The summed E-state index contributed by atoms with van der Waals surface area (Å²) in [4.78, 5) is 47.2. The lowest BCUT2D eigenvalue weighted by atomic mass is 9.79. The molecule has 132 heavy (non-hydrogen) atoms. The van der Waals surface area contributed by atoms with Crippen LogP contribution < -0.4 is 0 Å². The largest absolute Gasteiger partial charge is 0.376 e. The van der Waals surface area contributed by atoms with Gasteiger partial charge in [0.05, 0.1) is 72.6 Å². The highest BCUT2D eigenvalue weighted by Crippen LogP contribution is 2.52. The summed E-state index contributed by atoms with van der Waals surface area (Å²) in [6.07, 6.45) is 17.6. The van der Waals surface area contributed by atoms with Gasteiger partial charge in [-0.15, -0.1) is 0 Å². The Morgan fingerprint density at radius 1 is 0.273 bits per heavy atom. The predicted octanol–water partition coefficient (Wildman–Crippen LogP) is 22.2. The Balaban J connectivity index is 0.000000106. The molecule has 0 spiro atoms. The summed E-state index contributed by atoms with van der Waals surface area (Å²) in [7, 11) is 0. The van der Waals surface area contributed by atoms with E-state index in [4.69, 9.17) is 38.0 Å². The van der Waals surface area contributed by atoms with Crippen molar-refractivity contribution in [3.63, 3.8) is 0 Å². The first-order valence-electron chi connectivity index (χ1n) is 45.0. The normalized spacial score (nSPS) is 14.5. The number of aryl methyl sites for hydroxylation is 8. The van der Waals surface area contributed by atoms with E-state index in [2.05, 4.69) is 79.8 Å². The van der Waals surface area contributed by atoms with E-state index in [1.54, 1.807) is 31.0 Å². The quantitative estimate of drug-likeness (QED) is 0.0329. The molecule has 656 valence electrons. The average molecular weight is 1750 g/mol. The van der Waals surface area contributed by atoms with E-state index in [0.717, 1.165) is 248 Å². The van der Waals surface area contributed by atoms with Gasteiger partial charge in [0.1, 0.15) is 63.1 Å². The monoisotopic (exact) mass is 1740 g/mol. The second kappa shape index (κ2) is 33.8. The Hall–Kier alpha value is -15.0. The van der Waals surface area contributed by atoms with E-state index in [-0.39, 0.29) is 0 Å². The molecule has 23 heteroatoms. The van der Waals surface area contributed by atoms with Gasteiger partial charge in [0.15, 0.2) is 5.60 Å². The average Bonchev–Trinajstić information content (AvgIpc) is 1.51. The van der Waals surface area contributed by atoms with E-state index in [9.17, 15) is 20.4 Å². The van der Waals surface area contributed by atoms with Crippen molar-refractivity contribution in [2.24, 2.45) is 0 Å². The Kier molecular flexibility index (Phi) is 21.5. The number of aromatic nitrogens is 15. The fourth-order valence-electron chi connectivity index (χ4n) is 19.0. The van der Waals surface area contributed by atoms with Crippen LogP contribution in [0.1, 0.15) is 211 Å². The Morgan fingerprint density at radius 2 is 0.515 bits per heavy atom. The lowest BCUT2D eigenvalue weighted by Gasteiger charge is -2.30. The molecule has 1 atom stereocenters. The van der Waals surface area contributed by atoms with Gasteiger partial charge in [-0.2, -0.15) is 0 Å². The van der Waals surface area contributed by atoms with Crippen LogP contribution in [0.2, 0.25) is 0 Å². The number of nitrogens with one attached hydrogen (secondary N) is 4. The summed E-state index contributed by atoms with van der Waals surface area (Å²) >= 11 is 0. The Morgan fingerprint density at radius 3 is 0.742 bits per heavy atom. The number of aromatic amines is 4. The van der Waals surface area contributed by atoms with Crippen molar-refractivity contribution in [3.05, 3.63) is 410 Å². The van der Waals surface area contributed by atoms with Gasteiger partial charge in [-0.25, -0.2) is 19.9 Å². The third-order valence-corrected chi connectivity index (χ3v) is 26.3. The van der Waals surface area contributed by atoms with Crippen LogP contribution in [-0.4, -0.2) is 95.9 Å². The summed E-state index contributed by atoms with van der Waals surface area (Å²) < 4.78 is 21.9. The second-order valence-corrected chi connectivity index (χ2v) is 35.4. The van der Waals surface area contributed by atoms with Crippen LogP contribution in [-0.2, 0) is 22.4 Å². The number of hydrogen-bond donors (Lipinski definition) is 8. The van der Waals surface area contributed by atoms with Crippen molar-refractivity contribution < 1.29 is 38.5 Å². The summed E-state index contributed by atoms with van der Waals surface area (Å²) in [6.45, 7) is 15.4. The highest BCUT2D eigenvalue weighted by molar-refractivity contribution is 5.92. The van der Waals surface area contributed by atoms with E-state index in [0.29, 0.717) is 51.6 Å². The van der Waals surface area contributed by atoms with E-state index >= 15 is 0 Å². The Labute approximate surface area is 760 Å². The molecule has 23 nitrogen and oxygen atoms in total. The van der Waals surface area contributed by atoms with Gasteiger partial charge in [-0.3, -0.25) is 15.0 Å². The molecule has 4 saturated carbocycles. The van der Waals surface area contributed by atoms with Gasteiger partial charge in [0.2, 0.25) is 0 Å². The van der Waals surface area contributed by atoms with Crippen molar-refractivity contribution >= 4 is 44.1 Å². The fraction of sp³-hybridized carbons (Fsp3) is 0.220. The van der Waals surface area contributed by atoms with Gasteiger partial charge < -0.3 is 58.5 Å². The SMILES string of the molecule is Cc1noc(C)c1-c1cc(C(O)(c2ccccc2)c2ccccc2)c2nc(C3CC3)[nH]c2c1.Cc1noc(C)c1-c1cc(C(O)(c2ccccc2)c2ccccc2)c2nc(C3CC3)[nH]c2c1.Cc1noc(C)c1-c1cc(C(O)(c2ccccc2)c2ccccn2)c2nc(C3CC3)[nH]c2c1.Cc1noc(C)c1-c1cc(C(O)(c2cccnc2)c2cccnc2)c2nc(C3CC3)[nH]c2c1. The van der Waals surface area contributed by atoms with Crippen LogP contribution in [0.3, 0.4) is 0 Å². The number of nitrogens with zero attached hydrogens (tertiary/aromatic N) is 11. The minimum Gasteiger partial charge on any atom is -0.376 e. The van der Waals surface area contributed by atoms with Crippen molar-refractivity contribution in [2.75, 3.05) is 0 Å². The zero-order chi connectivity index (χ0) is 90.3. The molecular formula is C109H97N15O8. The third-order valence-electron chi connectivity index (χ3n) is 26.3. The molecule has 11 aromatic heterocycles. The molecule has 4 aliphatic carbocycles. The number of rotatable bonds is 20. The highest BCUT2D eigenvalue weighted by atomic mass is 16.5. The van der Waals surface area contributed by atoms with Gasteiger partial charge in [0.25, 0.3) is 0 Å². The molecule has 4 fully saturated rings. The fourth-order valence-corrected chi connectivity index (χ4v) is 19.0. The number of aliphatic hydroxyl groups is 4. The van der Waals surface area contributed by atoms with E-state index in [1.807, 2.05) is 274 Å². The number of imidazole rings is 4. The van der Waals surface area contributed by atoms with Crippen LogP contribution in [0.5, 0.6) is 0 Å². The van der Waals surface area contributed by atoms with Gasteiger partial charge >= 0.3 is 0 Å². The van der Waals surface area contributed by atoms with Crippen molar-refractivity contribution in [1.82, 2.24) is 75.5 Å². The van der Waals surface area contributed by atoms with Gasteiger partial charge in [0, 0.05) is 110 Å². The summed E-state index contributed by atoms with van der Waals surface area (Å²) in [5.41, 5.74) is 20.2. The summed E-state index contributed by atoms with van der Waals surface area (Å²) in [5.74, 6) is 8.71. The standard InChI is InChI=1S/2C28H25N3O2.C27H24N4O2.C26H23N5O2/c2*1-17-25(18(2)33-31-17)20-15-23(26-24(16-20)29-27(30-26)19-13-14-19)28(32,21-9-5-3-6-10-21)22-11-7-4-8-12-22;1-16-24(17(2)33-31-16)19-14-21(25-22(15-19)29-26(30-25)18-11-12-18)27(32,20-8-4-3-5-9-20)23-10-6-7-13-28-23;1-15-23(16(2)33-31-15)18-11-21(24-22(12-18)29-25(30-24)17-7-8-17)26(32,19-5-3-9-27-13-19)20-6-4-10-28-14-20/h2*3-12,15-16,19,32H,13-14H2,1-2H3,(H,29,30);3-10,13-15,18,32H,11-12H2,1-2H3,(H,29,30);3-6,9-14,17,32H,7-8H2,1-2H3,(H,29,30). The maximum atomic E-state index is 12.6. The third kappa shape index (κ3) is 15.3. The number of benzene rings is 9. The molecule has 0 bridgehead atoms. The summed E-state index contributed by atoms with van der Waals surface area (Å²) in [5, 5.41) is 66.7. The number of H-pyrrole nitrogens is 4. The first-order valence-corrected chi connectivity index (χ1v) is 45.0. The second-order valence-electron chi connectivity index (χ2n) is 35.4. The molecule has 4 aliphatic rings. The van der Waals surface area contributed by atoms with Crippen LogP contribution in [0.25, 0.3) is 88.6 Å². The molecule has 9 aromatic carbocycles. The van der Waals surface area contributed by atoms with E-state index < -0.39 is 22.4 Å². The number of hydrogen-bond acceptors (Lipinski definition) is 19. The summed E-state index contributed by atoms with van der Waals surface area (Å²) in [6, 6.07) is 78.4. The van der Waals surface area contributed by atoms with Gasteiger partial charge in [-0.05, 0) is 230 Å². The molecule has 20 aromatic rings. The van der Waals surface area contributed by atoms with Crippen LogP contribution in [0.15, 0.2) is 292 Å². The van der Waals surface area contributed by atoms with Crippen molar-refractivity contribution in [3.8, 4) is 44.5 Å². The van der Waals surface area contributed by atoms with Crippen LogP contribution in [0, 0.1) is 55.4 Å². The number of pyridine rings is 3. The molecule has 11 heterocycles. The zero-order valence-electron chi connectivity index (χ0n) is 74.3. The first kappa shape index (κ1) is 83.9. The zero-order valence-corrected chi connectivity index (χ0v) is 74.3. The molecule has 24 rings (SSSR count).